The van der Waals surface area contributed by atoms with Crippen molar-refractivity contribution >= 4 is 0 Å². The fourth-order valence-corrected chi connectivity index (χ4v) is 1.83. The highest BCUT2D eigenvalue weighted by Gasteiger charge is 1.97. The van der Waals surface area contributed by atoms with Gasteiger partial charge in [0.15, 0.2) is 0 Å². The predicted octanol–water partition coefficient (Wildman–Crippen LogP) is 2.86. The standard InChI is InChI=1S/C17H29NO3/c1-15(2)13-18-14-16-5-7-17(8-6-16)21-12-11-20-10-4-9-19-3/h5-8,15,18H,4,9-14H2,1-3H3. The highest BCUT2D eigenvalue weighted by Crippen LogP contribution is 2.12. The van der Waals surface area contributed by atoms with Crippen LogP contribution in [0, 0.1) is 5.92 Å². The van der Waals surface area contributed by atoms with Crippen LogP contribution < -0.4 is 10.1 Å². The Morgan fingerprint density at radius 1 is 1.00 bits per heavy atom. The Morgan fingerprint density at radius 2 is 1.76 bits per heavy atom. The molecule has 1 aromatic carbocycles. The summed E-state index contributed by atoms with van der Waals surface area (Å²) in [6, 6.07) is 8.22. The van der Waals surface area contributed by atoms with Crippen LogP contribution in [0.2, 0.25) is 0 Å². The second-order valence-corrected chi connectivity index (χ2v) is 5.48. The Morgan fingerprint density at radius 3 is 2.43 bits per heavy atom. The van der Waals surface area contributed by atoms with Gasteiger partial charge in [-0.1, -0.05) is 26.0 Å². The van der Waals surface area contributed by atoms with E-state index in [1.807, 2.05) is 12.1 Å². The summed E-state index contributed by atoms with van der Waals surface area (Å²) in [5, 5.41) is 3.43. The number of methoxy groups -OCH3 is 1. The Bertz CT molecular complexity index is 352. The summed E-state index contributed by atoms with van der Waals surface area (Å²) >= 11 is 0. The van der Waals surface area contributed by atoms with Gasteiger partial charge < -0.3 is 19.5 Å². The van der Waals surface area contributed by atoms with E-state index < -0.39 is 0 Å². The maximum atomic E-state index is 5.63. The summed E-state index contributed by atoms with van der Waals surface area (Å²) in [5.74, 6) is 1.57. The molecule has 0 saturated heterocycles. The first-order chi connectivity index (χ1) is 10.2. The molecule has 0 amide bonds. The lowest BCUT2D eigenvalue weighted by Gasteiger charge is -2.09. The zero-order valence-corrected chi connectivity index (χ0v) is 13.6. The highest BCUT2D eigenvalue weighted by atomic mass is 16.5. The fraction of sp³-hybridized carbons (Fsp3) is 0.647. The Balaban J connectivity index is 2.10. The summed E-state index contributed by atoms with van der Waals surface area (Å²) in [6.07, 6.45) is 0.925. The zero-order valence-electron chi connectivity index (χ0n) is 13.6. The van der Waals surface area contributed by atoms with E-state index in [1.165, 1.54) is 5.56 Å². The topological polar surface area (TPSA) is 39.7 Å². The van der Waals surface area contributed by atoms with Gasteiger partial charge in [-0.05, 0) is 36.6 Å². The second kappa shape index (κ2) is 11.5. The molecule has 0 bridgehead atoms. The van der Waals surface area contributed by atoms with Gasteiger partial charge >= 0.3 is 0 Å². The number of hydrogen-bond acceptors (Lipinski definition) is 4. The molecule has 0 fully saturated rings. The molecule has 0 saturated carbocycles. The van der Waals surface area contributed by atoms with Gasteiger partial charge in [-0.2, -0.15) is 0 Å². The maximum Gasteiger partial charge on any atom is 0.119 e. The van der Waals surface area contributed by atoms with Crippen molar-refractivity contribution in [1.29, 1.82) is 0 Å². The average molecular weight is 295 g/mol. The van der Waals surface area contributed by atoms with E-state index in [0.717, 1.165) is 38.5 Å². The molecule has 120 valence electrons. The lowest BCUT2D eigenvalue weighted by atomic mass is 10.2. The molecular formula is C17H29NO3. The van der Waals surface area contributed by atoms with Gasteiger partial charge in [0.1, 0.15) is 12.4 Å². The summed E-state index contributed by atoms with van der Waals surface area (Å²) in [5.41, 5.74) is 1.28. The number of nitrogens with one attached hydrogen (secondary N) is 1. The van der Waals surface area contributed by atoms with Crippen molar-refractivity contribution in [3.05, 3.63) is 29.8 Å². The first kappa shape index (κ1) is 18.0. The fourth-order valence-electron chi connectivity index (χ4n) is 1.83. The van der Waals surface area contributed by atoms with Crippen molar-refractivity contribution in [3.8, 4) is 5.75 Å². The number of hydrogen-bond donors (Lipinski definition) is 1. The summed E-state index contributed by atoms with van der Waals surface area (Å²) in [7, 11) is 1.70. The van der Waals surface area contributed by atoms with Gasteiger partial charge in [0.05, 0.1) is 6.61 Å². The van der Waals surface area contributed by atoms with Crippen LogP contribution >= 0.6 is 0 Å². The molecule has 4 nitrogen and oxygen atoms in total. The lowest BCUT2D eigenvalue weighted by Crippen LogP contribution is -2.18. The summed E-state index contributed by atoms with van der Waals surface area (Å²) in [6.45, 7) is 9.02. The first-order valence-electron chi connectivity index (χ1n) is 7.71. The minimum atomic E-state index is 0.581. The van der Waals surface area contributed by atoms with Gasteiger partial charge in [0.2, 0.25) is 0 Å². The minimum absolute atomic E-state index is 0.581. The van der Waals surface area contributed by atoms with Crippen LogP contribution in [-0.4, -0.2) is 40.1 Å². The number of rotatable bonds is 12. The largest absolute Gasteiger partial charge is 0.491 e. The van der Waals surface area contributed by atoms with Gasteiger partial charge in [-0.25, -0.2) is 0 Å². The summed E-state index contributed by atoms with van der Waals surface area (Å²) in [4.78, 5) is 0. The minimum Gasteiger partial charge on any atom is -0.491 e. The molecule has 0 aliphatic rings. The van der Waals surface area contributed by atoms with Crippen molar-refractivity contribution < 1.29 is 14.2 Å². The molecule has 4 heteroatoms. The van der Waals surface area contributed by atoms with Crippen LogP contribution in [-0.2, 0) is 16.0 Å². The Labute approximate surface area is 128 Å². The molecule has 0 spiro atoms. The van der Waals surface area contributed by atoms with E-state index in [9.17, 15) is 0 Å². The highest BCUT2D eigenvalue weighted by molar-refractivity contribution is 5.27. The molecule has 1 rings (SSSR count). The van der Waals surface area contributed by atoms with E-state index in [4.69, 9.17) is 14.2 Å². The van der Waals surface area contributed by atoms with Crippen molar-refractivity contribution in [2.24, 2.45) is 5.92 Å². The zero-order chi connectivity index (χ0) is 15.3. The van der Waals surface area contributed by atoms with Crippen LogP contribution in [0.4, 0.5) is 0 Å². The molecule has 0 aliphatic carbocycles. The van der Waals surface area contributed by atoms with Crippen molar-refractivity contribution in [1.82, 2.24) is 5.32 Å². The quantitative estimate of drug-likeness (QED) is 0.602. The lowest BCUT2D eigenvalue weighted by molar-refractivity contribution is 0.0806. The van der Waals surface area contributed by atoms with Crippen LogP contribution in [0.25, 0.3) is 0 Å². The molecular weight excluding hydrogens is 266 g/mol. The third-order valence-electron chi connectivity index (χ3n) is 2.94. The number of benzene rings is 1. The SMILES string of the molecule is COCCCOCCOc1ccc(CNCC(C)C)cc1. The molecule has 0 aromatic heterocycles. The maximum absolute atomic E-state index is 5.63. The predicted molar refractivity (Wildman–Crippen MR) is 85.8 cm³/mol. The molecule has 0 atom stereocenters. The van der Waals surface area contributed by atoms with Crippen LogP contribution in [0.3, 0.4) is 0 Å². The molecule has 0 aliphatic heterocycles. The monoisotopic (exact) mass is 295 g/mol. The van der Waals surface area contributed by atoms with E-state index in [-0.39, 0.29) is 0 Å². The molecule has 1 aromatic rings. The summed E-state index contributed by atoms with van der Waals surface area (Å²) < 4.78 is 16.0. The van der Waals surface area contributed by atoms with Crippen LogP contribution in [0.5, 0.6) is 5.75 Å². The third-order valence-corrected chi connectivity index (χ3v) is 2.94. The van der Waals surface area contributed by atoms with E-state index in [1.54, 1.807) is 7.11 Å². The average Bonchev–Trinajstić information content (AvgIpc) is 2.47. The second-order valence-electron chi connectivity index (χ2n) is 5.48. The van der Waals surface area contributed by atoms with E-state index in [0.29, 0.717) is 19.1 Å². The van der Waals surface area contributed by atoms with Gasteiger partial charge in [-0.15, -0.1) is 0 Å². The normalized spacial score (nSPS) is 11.0. The van der Waals surface area contributed by atoms with Crippen molar-refractivity contribution in [2.75, 3.05) is 40.1 Å². The Kier molecular flexibility index (Phi) is 9.87. The molecule has 0 radical (unpaired) electrons. The third kappa shape index (κ3) is 9.45. The van der Waals surface area contributed by atoms with Crippen molar-refractivity contribution in [2.45, 2.75) is 26.8 Å². The van der Waals surface area contributed by atoms with E-state index in [2.05, 4.69) is 31.3 Å². The van der Waals surface area contributed by atoms with Gasteiger partial charge in [-0.3, -0.25) is 0 Å². The van der Waals surface area contributed by atoms with Gasteiger partial charge in [0, 0.05) is 26.9 Å². The molecule has 1 N–H and O–H groups in total. The molecule has 0 unspecified atom stereocenters. The van der Waals surface area contributed by atoms with Gasteiger partial charge in [0.25, 0.3) is 0 Å². The molecule has 21 heavy (non-hydrogen) atoms. The smallest absolute Gasteiger partial charge is 0.119 e. The van der Waals surface area contributed by atoms with Crippen molar-refractivity contribution in [3.63, 3.8) is 0 Å². The van der Waals surface area contributed by atoms with E-state index >= 15 is 0 Å². The van der Waals surface area contributed by atoms with Crippen LogP contribution in [0.15, 0.2) is 24.3 Å². The van der Waals surface area contributed by atoms with Crippen LogP contribution in [0.1, 0.15) is 25.8 Å². The Hall–Kier alpha value is -1.10. The first-order valence-corrected chi connectivity index (χ1v) is 7.71. The number of ether oxygens (including phenoxy) is 3. The molecule has 0 heterocycles.